The molecule has 1 heteroatoms. The van der Waals surface area contributed by atoms with Gasteiger partial charge in [0.25, 0.3) is 0 Å². The Morgan fingerprint density at radius 1 is 1.20 bits per heavy atom. The molecule has 0 bridgehead atoms. The van der Waals surface area contributed by atoms with Crippen LogP contribution in [-0.4, -0.2) is 16.0 Å². The van der Waals surface area contributed by atoms with E-state index in [-0.39, 0.29) is 0 Å². The molecule has 0 fully saturated rings. The van der Waals surface area contributed by atoms with Crippen molar-refractivity contribution in [2.75, 3.05) is 0 Å². The van der Waals surface area contributed by atoms with Crippen molar-refractivity contribution in [3.63, 3.8) is 0 Å². The Bertz CT molecular complexity index is 19.1. The normalized spacial score (nSPS) is 12.0. The van der Waals surface area contributed by atoms with Gasteiger partial charge in [-0.1, -0.05) is 0 Å². The van der Waals surface area contributed by atoms with E-state index in [2.05, 4.69) is 36.8 Å². The molecular weight excluding hydrogens is 127 g/mol. The minimum atomic E-state index is 0.375. The topological polar surface area (TPSA) is 0 Å². The molecule has 31 valence electrons. The number of hydrogen-bond acceptors (Lipinski definition) is 0. The molecule has 0 saturated carbocycles. The molecule has 0 unspecified atom stereocenters. The fourth-order valence-electron chi connectivity index (χ4n) is 0. The molecule has 0 aromatic rings. The van der Waals surface area contributed by atoms with Crippen LogP contribution in [0.15, 0.2) is 0 Å². The monoisotopic (exact) mass is 137 g/mol. The van der Waals surface area contributed by atoms with Crippen LogP contribution in [0.4, 0.5) is 0 Å². The summed E-state index contributed by atoms with van der Waals surface area (Å²) in [6.07, 6.45) is 0. The molecule has 0 heterocycles. The van der Waals surface area contributed by atoms with Gasteiger partial charge >= 0.3 is 41.1 Å². The van der Waals surface area contributed by atoms with Gasteiger partial charge in [-0.15, -0.1) is 0 Å². The average molecular weight is 136 g/mol. The molecule has 1 radical (unpaired) electrons. The van der Waals surface area contributed by atoms with Crippen LogP contribution in [-0.2, 0) is 0 Å². The summed E-state index contributed by atoms with van der Waals surface area (Å²) in [7, 11) is 0. The van der Waals surface area contributed by atoms with E-state index >= 15 is 0 Å². The molecule has 0 aliphatic heterocycles. The van der Waals surface area contributed by atoms with Gasteiger partial charge in [0.2, 0.25) is 0 Å². The summed E-state index contributed by atoms with van der Waals surface area (Å²) in [5, 5.41) is 0. The van der Waals surface area contributed by atoms with Crippen LogP contribution < -0.4 is 0 Å². The van der Waals surface area contributed by atoms with E-state index in [4.69, 9.17) is 0 Å². The third-order valence-corrected chi connectivity index (χ3v) is 0. The van der Waals surface area contributed by atoms with Crippen molar-refractivity contribution < 1.29 is 0 Å². The van der Waals surface area contributed by atoms with E-state index in [1.165, 1.54) is 0 Å². The first-order valence-electron chi connectivity index (χ1n) is 1.70. The molecule has 0 atom stereocenters. The zero-order valence-electron chi connectivity index (χ0n) is 3.91. The Kier molecular flexibility index (Phi) is 1.45. The molecule has 0 aliphatic rings. The van der Waals surface area contributed by atoms with E-state index in [0.29, 0.717) is 4.31 Å². The van der Waals surface area contributed by atoms with E-state index < -0.39 is 0 Å². The molecule has 5 heavy (non-hydrogen) atoms. The summed E-state index contributed by atoms with van der Waals surface area (Å²) < 4.78 is 0.375. The third kappa shape index (κ3) is 106. The van der Waals surface area contributed by atoms with Gasteiger partial charge in [0.1, 0.15) is 0 Å². The Morgan fingerprint density at radius 3 is 1.20 bits per heavy atom. The Labute approximate surface area is 41.8 Å². The van der Waals surface area contributed by atoms with Crippen LogP contribution >= 0.6 is 0 Å². The van der Waals surface area contributed by atoms with E-state index in [1.807, 2.05) is 0 Å². The first-order valence-corrected chi connectivity index (χ1v) is 2.56. The van der Waals surface area contributed by atoms with Gasteiger partial charge < -0.3 is 0 Å². The summed E-state index contributed by atoms with van der Waals surface area (Å²) in [4.78, 5) is 0. The summed E-state index contributed by atoms with van der Waals surface area (Å²) in [5.41, 5.74) is 0. The van der Waals surface area contributed by atoms with Gasteiger partial charge in [0.15, 0.2) is 0 Å². The Balaban J connectivity index is 3.02. The second kappa shape index (κ2) is 1.32. The summed E-state index contributed by atoms with van der Waals surface area (Å²) in [5.74, 6) is 0. The molecule has 0 nitrogen and oxygen atoms in total. The van der Waals surface area contributed by atoms with Crippen molar-refractivity contribution in [3.8, 4) is 0 Å². The number of hydrogen-bond donors (Lipinski definition) is 0. The molecule has 0 amide bonds. The minimum absolute atomic E-state index is 0.375. The summed E-state index contributed by atoms with van der Waals surface area (Å²) in [6, 6.07) is 0. The van der Waals surface area contributed by atoms with Gasteiger partial charge in [-0.05, 0) is 0 Å². The molecule has 0 aliphatic carbocycles. The fourth-order valence-corrected chi connectivity index (χ4v) is 0. The summed E-state index contributed by atoms with van der Waals surface area (Å²) >= 11 is 2.98. The maximum absolute atomic E-state index is 2.98. The molecular formula is C4H9Se. The number of rotatable bonds is 0. The average Bonchev–Trinajstić information content (AvgIpc) is 0.722. The molecule has 0 saturated heterocycles. The van der Waals surface area contributed by atoms with Gasteiger partial charge in [0.05, 0.1) is 0 Å². The maximum atomic E-state index is 2.98. The van der Waals surface area contributed by atoms with Crippen molar-refractivity contribution in [3.05, 3.63) is 0 Å². The van der Waals surface area contributed by atoms with Crippen molar-refractivity contribution in [1.82, 2.24) is 0 Å². The van der Waals surface area contributed by atoms with Crippen molar-refractivity contribution in [2.24, 2.45) is 0 Å². The quantitative estimate of drug-likeness (QED) is 0.441. The van der Waals surface area contributed by atoms with E-state index in [0.717, 1.165) is 0 Å². The van der Waals surface area contributed by atoms with Crippen molar-refractivity contribution in [1.29, 1.82) is 0 Å². The van der Waals surface area contributed by atoms with E-state index in [1.54, 1.807) is 0 Å². The van der Waals surface area contributed by atoms with Crippen molar-refractivity contribution >= 4 is 16.0 Å². The van der Waals surface area contributed by atoms with Crippen LogP contribution in [0.2, 0.25) is 4.31 Å². The van der Waals surface area contributed by atoms with Crippen LogP contribution in [0, 0.1) is 0 Å². The van der Waals surface area contributed by atoms with Gasteiger partial charge in [-0.2, -0.15) is 0 Å². The zero-order valence-corrected chi connectivity index (χ0v) is 5.62. The molecule has 0 aromatic carbocycles. The third-order valence-electron chi connectivity index (χ3n) is 0. The Hall–Kier alpha value is 0.519. The predicted octanol–water partition coefficient (Wildman–Crippen LogP) is 1.37. The molecule has 0 rings (SSSR count). The molecule has 0 N–H and O–H groups in total. The first-order chi connectivity index (χ1) is 2.00. The standard InChI is InChI=1S/C4H9Se/c1-4(2,3)5/h1-3H3. The van der Waals surface area contributed by atoms with Crippen LogP contribution in [0.5, 0.6) is 0 Å². The second-order valence-electron chi connectivity index (χ2n) is 2.11. The Morgan fingerprint density at radius 2 is 1.20 bits per heavy atom. The second-order valence-corrected chi connectivity index (χ2v) is 4.68. The SMILES string of the molecule is CC(C)(C)[Se]. The molecule has 0 aromatic heterocycles. The van der Waals surface area contributed by atoms with Crippen LogP contribution in [0.25, 0.3) is 0 Å². The summed E-state index contributed by atoms with van der Waals surface area (Å²) in [6.45, 7) is 6.40. The van der Waals surface area contributed by atoms with Crippen LogP contribution in [0.3, 0.4) is 0 Å². The van der Waals surface area contributed by atoms with E-state index in [9.17, 15) is 0 Å². The fraction of sp³-hybridized carbons (Fsp3) is 1.00. The van der Waals surface area contributed by atoms with Gasteiger partial charge in [-0.25, -0.2) is 0 Å². The zero-order chi connectivity index (χ0) is 4.50. The van der Waals surface area contributed by atoms with Gasteiger partial charge in [-0.3, -0.25) is 0 Å². The van der Waals surface area contributed by atoms with Gasteiger partial charge in [0, 0.05) is 0 Å². The first kappa shape index (κ1) is 5.52. The van der Waals surface area contributed by atoms with Crippen LogP contribution in [0.1, 0.15) is 20.8 Å². The van der Waals surface area contributed by atoms with Crippen molar-refractivity contribution in [2.45, 2.75) is 25.1 Å². The predicted molar refractivity (Wildman–Crippen MR) is 25.5 cm³/mol. The molecule has 0 spiro atoms.